The van der Waals surface area contributed by atoms with E-state index in [2.05, 4.69) is 32.2 Å². The van der Waals surface area contributed by atoms with Crippen molar-refractivity contribution in [2.24, 2.45) is 0 Å². The summed E-state index contributed by atoms with van der Waals surface area (Å²) in [5, 5.41) is 2.94. The molecule has 1 aliphatic carbocycles. The molecule has 0 fully saturated rings. The van der Waals surface area contributed by atoms with Gasteiger partial charge in [0.1, 0.15) is 0 Å². The van der Waals surface area contributed by atoms with E-state index in [4.69, 9.17) is 0 Å². The third-order valence-corrected chi connectivity index (χ3v) is 4.04. The van der Waals surface area contributed by atoms with Gasteiger partial charge < -0.3 is 5.32 Å². The summed E-state index contributed by atoms with van der Waals surface area (Å²) < 4.78 is 0. The van der Waals surface area contributed by atoms with Crippen LogP contribution in [0.25, 0.3) is 0 Å². The molecular formula is C22H31NO. The topological polar surface area (TPSA) is 29.1 Å². The van der Waals surface area contributed by atoms with Crippen LogP contribution in [0.15, 0.2) is 53.6 Å². The highest BCUT2D eigenvalue weighted by Crippen LogP contribution is 2.16. The van der Waals surface area contributed by atoms with Gasteiger partial charge in [-0.15, -0.1) is 0 Å². The van der Waals surface area contributed by atoms with Gasteiger partial charge in [0, 0.05) is 11.3 Å². The Morgan fingerprint density at radius 1 is 1.00 bits per heavy atom. The minimum Gasteiger partial charge on any atom is -0.322 e. The highest BCUT2D eigenvalue weighted by atomic mass is 16.1. The Morgan fingerprint density at radius 3 is 2.29 bits per heavy atom. The van der Waals surface area contributed by atoms with Gasteiger partial charge in [-0.05, 0) is 56.5 Å². The van der Waals surface area contributed by atoms with Crippen LogP contribution in [0.4, 0.5) is 5.69 Å². The lowest BCUT2D eigenvalue weighted by Crippen LogP contribution is -2.13. The van der Waals surface area contributed by atoms with Crippen LogP contribution < -0.4 is 5.32 Å². The smallest absolute Gasteiger partial charge is 0.255 e. The minimum absolute atomic E-state index is 0.0531. The molecule has 0 unspecified atom stereocenters. The lowest BCUT2D eigenvalue weighted by molar-refractivity contribution is -0.112. The molecule has 130 valence electrons. The van der Waals surface area contributed by atoms with E-state index >= 15 is 0 Å². The molecule has 1 aromatic rings. The number of benzene rings is 1. The summed E-state index contributed by atoms with van der Waals surface area (Å²) in [6.45, 7) is 10.6. The molecule has 0 heterocycles. The van der Waals surface area contributed by atoms with Crippen LogP contribution in [0, 0.1) is 13.8 Å². The zero-order chi connectivity index (χ0) is 17.9. The Balaban J connectivity index is 0.000000505. The third kappa shape index (κ3) is 6.99. The number of hydrogen-bond acceptors (Lipinski definition) is 1. The molecule has 2 rings (SSSR count). The van der Waals surface area contributed by atoms with Gasteiger partial charge in [-0.1, -0.05) is 63.0 Å². The molecule has 1 aliphatic rings. The van der Waals surface area contributed by atoms with Gasteiger partial charge in [0.25, 0.3) is 5.91 Å². The molecule has 2 heteroatoms. The van der Waals surface area contributed by atoms with Gasteiger partial charge in [-0.25, -0.2) is 0 Å². The van der Waals surface area contributed by atoms with Crippen molar-refractivity contribution in [3.63, 3.8) is 0 Å². The molecule has 24 heavy (non-hydrogen) atoms. The Hall–Kier alpha value is -2.09. The summed E-state index contributed by atoms with van der Waals surface area (Å²) in [6.07, 6.45) is 12.8. The molecule has 0 radical (unpaired) electrons. The monoisotopic (exact) mass is 325 g/mol. The molecule has 0 aliphatic heterocycles. The van der Waals surface area contributed by atoms with Crippen molar-refractivity contribution < 1.29 is 4.79 Å². The number of carbonyl (C=O) groups is 1. The molecule has 2 nitrogen and oxygen atoms in total. The lowest BCUT2D eigenvalue weighted by atomic mass is 10.1. The summed E-state index contributed by atoms with van der Waals surface area (Å²) in [5.41, 5.74) is 5.15. The molecule has 1 N–H and O–H groups in total. The minimum atomic E-state index is -0.0531. The number of hydrogen-bond donors (Lipinski definition) is 1. The normalized spacial score (nSPS) is 13.2. The zero-order valence-corrected chi connectivity index (χ0v) is 15.8. The van der Waals surface area contributed by atoms with E-state index in [0.717, 1.165) is 12.1 Å². The van der Waals surface area contributed by atoms with Crippen LogP contribution in [0.1, 0.15) is 57.6 Å². The summed E-state index contributed by atoms with van der Waals surface area (Å²) in [5.74, 6) is -0.0531. The first-order chi connectivity index (χ1) is 11.5. The maximum Gasteiger partial charge on any atom is 0.255 e. The maximum atomic E-state index is 12.2. The molecule has 1 amide bonds. The maximum absolute atomic E-state index is 12.2. The predicted octanol–water partition coefficient (Wildman–Crippen LogP) is 6.27. The quantitative estimate of drug-likeness (QED) is 0.694. The highest BCUT2D eigenvalue weighted by molar-refractivity contribution is 6.05. The Bertz CT molecular complexity index is 633. The largest absolute Gasteiger partial charge is 0.322 e. The van der Waals surface area contributed by atoms with E-state index in [1.807, 2.05) is 50.3 Å². The van der Waals surface area contributed by atoms with Crippen LogP contribution in [0.2, 0.25) is 0 Å². The summed E-state index contributed by atoms with van der Waals surface area (Å²) in [4.78, 5) is 12.2. The lowest BCUT2D eigenvalue weighted by Gasteiger charge is -2.08. The number of nitrogens with one attached hydrogen (secondary N) is 1. The van der Waals surface area contributed by atoms with E-state index in [0.29, 0.717) is 5.57 Å². The molecule has 0 spiro atoms. The fourth-order valence-electron chi connectivity index (χ4n) is 2.27. The molecule has 0 bridgehead atoms. The second-order valence-electron chi connectivity index (χ2n) is 6.28. The fraction of sp³-hybridized carbons (Fsp3) is 0.409. The van der Waals surface area contributed by atoms with E-state index < -0.39 is 0 Å². The SMILES string of the molecule is CC1=CCC=C(C(=O)Nc2ccc(C)c(C)c2)C=C1.CCCCC. The standard InChI is InChI=1S/C17H19NO.C5H12/c1-12-5-4-6-15(9-7-12)17(19)18-16-10-8-13(2)14(3)11-16;1-3-5-4-2/h5-11H,4H2,1-3H3,(H,18,19);3-5H2,1-2H3. The number of rotatable bonds is 4. The Kier molecular flexibility index (Phi) is 8.85. The number of allylic oxidation sites excluding steroid dienone is 4. The van der Waals surface area contributed by atoms with Crippen molar-refractivity contribution in [2.45, 2.75) is 60.3 Å². The Morgan fingerprint density at radius 2 is 1.71 bits per heavy atom. The first-order valence-corrected chi connectivity index (χ1v) is 8.91. The summed E-state index contributed by atoms with van der Waals surface area (Å²) in [7, 11) is 0. The van der Waals surface area contributed by atoms with Crippen molar-refractivity contribution in [3.8, 4) is 0 Å². The third-order valence-electron chi connectivity index (χ3n) is 4.04. The fourth-order valence-corrected chi connectivity index (χ4v) is 2.27. The van der Waals surface area contributed by atoms with E-state index in [1.54, 1.807) is 0 Å². The second kappa shape index (κ2) is 10.6. The number of anilines is 1. The summed E-state index contributed by atoms with van der Waals surface area (Å²) >= 11 is 0. The van der Waals surface area contributed by atoms with E-state index in [-0.39, 0.29) is 5.91 Å². The van der Waals surface area contributed by atoms with Gasteiger partial charge in [0.15, 0.2) is 0 Å². The van der Waals surface area contributed by atoms with Crippen LogP contribution >= 0.6 is 0 Å². The van der Waals surface area contributed by atoms with Gasteiger partial charge in [-0.3, -0.25) is 4.79 Å². The van der Waals surface area contributed by atoms with Gasteiger partial charge in [0.05, 0.1) is 0 Å². The Labute approximate surface area is 147 Å². The molecule has 1 aromatic carbocycles. The second-order valence-corrected chi connectivity index (χ2v) is 6.28. The van der Waals surface area contributed by atoms with Crippen molar-refractivity contribution in [3.05, 3.63) is 64.8 Å². The van der Waals surface area contributed by atoms with E-state index in [9.17, 15) is 4.79 Å². The van der Waals surface area contributed by atoms with Crippen LogP contribution in [-0.4, -0.2) is 5.91 Å². The average molecular weight is 325 g/mol. The van der Waals surface area contributed by atoms with Crippen molar-refractivity contribution in [1.82, 2.24) is 0 Å². The predicted molar refractivity (Wildman–Crippen MR) is 105 cm³/mol. The molecule has 0 atom stereocenters. The van der Waals surface area contributed by atoms with Crippen molar-refractivity contribution in [2.75, 3.05) is 5.32 Å². The van der Waals surface area contributed by atoms with Gasteiger partial charge in [0.2, 0.25) is 0 Å². The first kappa shape index (κ1) is 20.0. The van der Waals surface area contributed by atoms with E-state index in [1.165, 1.54) is 36.0 Å². The highest BCUT2D eigenvalue weighted by Gasteiger charge is 2.08. The van der Waals surface area contributed by atoms with Crippen LogP contribution in [0.3, 0.4) is 0 Å². The first-order valence-electron chi connectivity index (χ1n) is 8.91. The average Bonchev–Trinajstić information content (AvgIpc) is 2.77. The van der Waals surface area contributed by atoms with Crippen LogP contribution in [-0.2, 0) is 4.79 Å². The van der Waals surface area contributed by atoms with Crippen LogP contribution in [0.5, 0.6) is 0 Å². The molecule has 0 saturated heterocycles. The number of amides is 1. The number of aryl methyl sites for hydroxylation is 2. The molecular weight excluding hydrogens is 294 g/mol. The molecule has 0 aromatic heterocycles. The number of carbonyl (C=O) groups excluding carboxylic acids is 1. The van der Waals surface area contributed by atoms with Crippen molar-refractivity contribution >= 4 is 11.6 Å². The molecule has 0 saturated carbocycles. The van der Waals surface area contributed by atoms with Crippen molar-refractivity contribution in [1.29, 1.82) is 0 Å². The van der Waals surface area contributed by atoms with Gasteiger partial charge >= 0.3 is 0 Å². The zero-order valence-electron chi connectivity index (χ0n) is 15.8. The van der Waals surface area contributed by atoms with Gasteiger partial charge in [-0.2, -0.15) is 0 Å². The summed E-state index contributed by atoms with van der Waals surface area (Å²) in [6, 6.07) is 5.95. The number of unbranched alkanes of at least 4 members (excludes halogenated alkanes) is 2.